The lowest BCUT2D eigenvalue weighted by Gasteiger charge is -2.44. The molecular formula is C16H20F2O4S. The lowest BCUT2D eigenvalue weighted by Crippen LogP contribution is -2.52. The van der Waals surface area contributed by atoms with Crippen LogP contribution in [-0.2, 0) is 16.3 Å². The fourth-order valence-electron chi connectivity index (χ4n) is 3.90. The maximum Gasteiger partial charge on any atom is 0.387 e. The van der Waals surface area contributed by atoms with Crippen molar-refractivity contribution in [1.82, 2.24) is 0 Å². The monoisotopic (exact) mass is 346 g/mol. The van der Waals surface area contributed by atoms with Gasteiger partial charge in [-0.2, -0.15) is 8.78 Å². The van der Waals surface area contributed by atoms with E-state index in [2.05, 4.69) is 4.74 Å². The Balaban J connectivity index is 1.77. The van der Waals surface area contributed by atoms with E-state index in [0.717, 1.165) is 6.42 Å². The van der Waals surface area contributed by atoms with Crippen LogP contribution in [-0.4, -0.2) is 36.2 Å². The van der Waals surface area contributed by atoms with Gasteiger partial charge in [-0.1, -0.05) is 18.6 Å². The summed E-state index contributed by atoms with van der Waals surface area (Å²) in [6.07, 6.45) is 2.74. The molecule has 128 valence electrons. The maximum absolute atomic E-state index is 12.3. The Morgan fingerprint density at radius 1 is 1.26 bits per heavy atom. The Bertz CT molecular complexity index is 654. The predicted octanol–water partition coefficient (Wildman–Crippen LogP) is 2.69. The first-order chi connectivity index (χ1) is 10.8. The van der Waals surface area contributed by atoms with Crippen molar-refractivity contribution in [1.29, 1.82) is 0 Å². The van der Waals surface area contributed by atoms with Crippen LogP contribution in [0.1, 0.15) is 37.7 Å². The molecule has 0 radical (unpaired) electrons. The molecule has 0 saturated carbocycles. The summed E-state index contributed by atoms with van der Waals surface area (Å²) in [5.74, 6) is 0.0460. The molecule has 2 aliphatic rings. The molecule has 0 spiro atoms. The quantitative estimate of drug-likeness (QED) is 0.910. The van der Waals surface area contributed by atoms with Crippen LogP contribution in [0.15, 0.2) is 24.3 Å². The van der Waals surface area contributed by atoms with Crippen molar-refractivity contribution in [3.05, 3.63) is 29.8 Å². The van der Waals surface area contributed by atoms with Crippen molar-refractivity contribution < 1.29 is 27.0 Å². The summed E-state index contributed by atoms with van der Waals surface area (Å²) in [4.78, 5) is 0. The number of rotatable bonds is 4. The zero-order valence-electron chi connectivity index (χ0n) is 12.6. The van der Waals surface area contributed by atoms with Crippen LogP contribution in [0.2, 0.25) is 0 Å². The summed E-state index contributed by atoms with van der Waals surface area (Å²) in [6.45, 7) is -2.90. The lowest BCUT2D eigenvalue weighted by molar-refractivity contribution is -0.0499. The molecule has 2 unspecified atom stereocenters. The Morgan fingerprint density at radius 3 is 2.52 bits per heavy atom. The zero-order valence-corrected chi connectivity index (χ0v) is 13.4. The van der Waals surface area contributed by atoms with Gasteiger partial charge in [0.1, 0.15) is 5.75 Å². The van der Waals surface area contributed by atoms with E-state index in [-0.39, 0.29) is 25.0 Å². The second-order valence-corrected chi connectivity index (χ2v) is 9.11. The molecule has 2 bridgehead atoms. The Labute approximate surface area is 134 Å². The largest absolute Gasteiger partial charge is 0.435 e. The van der Waals surface area contributed by atoms with Gasteiger partial charge in [0.25, 0.3) is 0 Å². The second kappa shape index (κ2) is 6.02. The van der Waals surface area contributed by atoms with E-state index in [9.17, 15) is 22.3 Å². The van der Waals surface area contributed by atoms with Gasteiger partial charge >= 0.3 is 6.61 Å². The van der Waals surface area contributed by atoms with E-state index >= 15 is 0 Å². The molecule has 1 aromatic carbocycles. The number of aliphatic hydroxyl groups is 1. The summed E-state index contributed by atoms with van der Waals surface area (Å²) in [7, 11) is -3.14. The van der Waals surface area contributed by atoms with Crippen molar-refractivity contribution in [2.75, 3.05) is 0 Å². The predicted molar refractivity (Wildman–Crippen MR) is 81.3 cm³/mol. The first kappa shape index (κ1) is 16.6. The SMILES string of the molecule is O=S1(=O)C2CCCC1CC(O)(Cc1cccc(OC(F)F)c1)C2. The van der Waals surface area contributed by atoms with Gasteiger partial charge in [0.15, 0.2) is 9.84 Å². The lowest BCUT2D eigenvalue weighted by atomic mass is 9.81. The third-order valence-electron chi connectivity index (χ3n) is 4.85. The number of hydrogen-bond acceptors (Lipinski definition) is 4. The minimum absolute atomic E-state index is 0.0460. The van der Waals surface area contributed by atoms with Gasteiger partial charge in [0, 0.05) is 6.42 Å². The third kappa shape index (κ3) is 3.50. The van der Waals surface area contributed by atoms with Gasteiger partial charge in [-0.3, -0.25) is 0 Å². The van der Waals surface area contributed by atoms with Crippen LogP contribution in [0, 0.1) is 0 Å². The van der Waals surface area contributed by atoms with Crippen LogP contribution in [0.4, 0.5) is 8.78 Å². The molecule has 2 aliphatic heterocycles. The molecule has 1 aromatic rings. The van der Waals surface area contributed by atoms with Gasteiger partial charge in [0.2, 0.25) is 0 Å². The normalized spacial score (nSPS) is 32.7. The number of alkyl halides is 2. The minimum Gasteiger partial charge on any atom is -0.435 e. The van der Waals surface area contributed by atoms with E-state index in [1.807, 2.05) is 0 Å². The van der Waals surface area contributed by atoms with Crippen LogP contribution in [0.3, 0.4) is 0 Å². The topological polar surface area (TPSA) is 63.6 Å². The summed E-state index contributed by atoms with van der Waals surface area (Å²) < 4.78 is 53.5. The van der Waals surface area contributed by atoms with E-state index in [4.69, 9.17) is 0 Å². The van der Waals surface area contributed by atoms with Crippen molar-refractivity contribution in [2.24, 2.45) is 0 Å². The number of fused-ring (bicyclic) bond motifs is 2. The third-order valence-corrected chi connectivity index (χ3v) is 7.52. The summed E-state index contributed by atoms with van der Waals surface area (Å²) in [5.41, 5.74) is -0.437. The van der Waals surface area contributed by atoms with Gasteiger partial charge < -0.3 is 9.84 Å². The highest BCUT2D eigenvalue weighted by Crippen LogP contribution is 2.42. The van der Waals surface area contributed by atoms with Crippen molar-refractivity contribution in [3.63, 3.8) is 0 Å². The van der Waals surface area contributed by atoms with Gasteiger partial charge in [-0.05, 0) is 43.4 Å². The molecular weight excluding hydrogens is 326 g/mol. The summed E-state index contributed by atoms with van der Waals surface area (Å²) in [5, 5.41) is 9.91. The molecule has 0 aliphatic carbocycles. The molecule has 0 amide bonds. The van der Waals surface area contributed by atoms with Crippen molar-refractivity contribution in [2.45, 2.75) is 61.2 Å². The first-order valence-electron chi connectivity index (χ1n) is 7.77. The van der Waals surface area contributed by atoms with Gasteiger partial charge in [0.05, 0.1) is 16.1 Å². The van der Waals surface area contributed by atoms with Crippen LogP contribution >= 0.6 is 0 Å². The van der Waals surface area contributed by atoms with Crippen LogP contribution in [0.5, 0.6) is 5.75 Å². The van der Waals surface area contributed by atoms with Gasteiger partial charge in [-0.25, -0.2) is 8.42 Å². The molecule has 3 rings (SSSR count). The number of halogens is 2. The Kier molecular flexibility index (Phi) is 4.35. The minimum atomic E-state index is -3.14. The average molecular weight is 346 g/mol. The van der Waals surface area contributed by atoms with E-state index in [1.165, 1.54) is 12.1 Å². The smallest absolute Gasteiger partial charge is 0.387 e. The van der Waals surface area contributed by atoms with Crippen molar-refractivity contribution in [3.8, 4) is 5.75 Å². The second-order valence-electron chi connectivity index (χ2n) is 6.60. The Morgan fingerprint density at radius 2 is 1.91 bits per heavy atom. The van der Waals surface area contributed by atoms with Crippen molar-refractivity contribution >= 4 is 9.84 Å². The van der Waals surface area contributed by atoms with E-state index in [1.54, 1.807) is 12.1 Å². The van der Waals surface area contributed by atoms with E-state index < -0.39 is 32.5 Å². The highest BCUT2D eigenvalue weighted by Gasteiger charge is 2.50. The van der Waals surface area contributed by atoms with E-state index in [0.29, 0.717) is 18.4 Å². The maximum atomic E-state index is 12.3. The van der Waals surface area contributed by atoms with Gasteiger partial charge in [-0.15, -0.1) is 0 Å². The summed E-state index contributed by atoms with van der Waals surface area (Å²) >= 11 is 0. The highest BCUT2D eigenvalue weighted by molar-refractivity contribution is 7.92. The molecule has 1 N–H and O–H groups in total. The summed E-state index contributed by atoms with van der Waals surface area (Å²) in [6, 6.07) is 6.23. The standard InChI is InChI=1S/C16H20F2O4S/c17-15(18)22-12-4-1-3-11(7-12)8-16(19)9-13-5-2-6-14(10-16)23(13,20)21/h1,3-4,7,13-15,19H,2,5-6,8-10H2. The van der Waals surface area contributed by atoms with Crippen LogP contribution < -0.4 is 4.74 Å². The molecule has 4 nitrogen and oxygen atoms in total. The average Bonchev–Trinajstić information content (AvgIpc) is 2.40. The number of benzene rings is 1. The Hall–Kier alpha value is -1.21. The highest BCUT2D eigenvalue weighted by atomic mass is 32.2. The van der Waals surface area contributed by atoms with Crippen LogP contribution in [0.25, 0.3) is 0 Å². The molecule has 0 aromatic heterocycles. The zero-order chi connectivity index (χ0) is 16.7. The number of sulfone groups is 1. The fourth-order valence-corrected chi connectivity index (χ4v) is 6.52. The molecule has 7 heteroatoms. The first-order valence-corrected chi connectivity index (χ1v) is 9.38. The fraction of sp³-hybridized carbons (Fsp3) is 0.625. The molecule has 2 fully saturated rings. The number of hydrogen-bond donors (Lipinski definition) is 1. The number of ether oxygens (including phenoxy) is 1. The molecule has 2 atom stereocenters. The molecule has 23 heavy (non-hydrogen) atoms. The molecule has 2 heterocycles. The molecule has 2 saturated heterocycles.